The minimum Gasteiger partial charge on any atom is -0.494 e. The number of carbonyl (C=O) groups is 2. The zero-order valence-electron chi connectivity index (χ0n) is 16.8. The molecule has 0 spiro atoms. The Bertz CT molecular complexity index is 983. The largest absolute Gasteiger partial charge is 0.494 e. The highest BCUT2D eigenvalue weighted by atomic mass is 32.1. The summed E-state index contributed by atoms with van der Waals surface area (Å²) in [5, 5.41) is 3.21. The van der Waals surface area contributed by atoms with Gasteiger partial charge < -0.3 is 19.5 Å². The number of rotatable bonds is 9. The molecule has 0 unspecified atom stereocenters. The number of ether oxygens (including phenoxy) is 3. The molecule has 0 saturated heterocycles. The maximum absolute atomic E-state index is 12.4. The number of carbonyl (C=O) groups excluding carboxylic acids is 2. The van der Waals surface area contributed by atoms with E-state index in [2.05, 4.69) is 5.32 Å². The summed E-state index contributed by atoms with van der Waals surface area (Å²) >= 11 is 1.32. The molecule has 0 radical (unpaired) electrons. The van der Waals surface area contributed by atoms with E-state index in [1.54, 1.807) is 37.3 Å². The molecule has 1 aromatic heterocycles. The Morgan fingerprint density at radius 3 is 2.20 bits per heavy atom. The molecule has 3 aromatic rings. The van der Waals surface area contributed by atoms with Crippen LogP contribution in [0.3, 0.4) is 0 Å². The van der Waals surface area contributed by atoms with Crippen LogP contribution < -0.4 is 14.8 Å². The van der Waals surface area contributed by atoms with E-state index in [1.807, 2.05) is 37.3 Å². The summed E-state index contributed by atoms with van der Waals surface area (Å²) in [6.45, 7) is 4.30. The molecule has 0 fully saturated rings. The number of hydrogen-bond donors (Lipinski definition) is 1. The number of amides is 1. The fourth-order valence-corrected chi connectivity index (χ4v) is 3.77. The van der Waals surface area contributed by atoms with Gasteiger partial charge in [-0.3, -0.25) is 4.79 Å². The molecule has 6 nitrogen and oxygen atoms in total. The van der Waals surface area contributed by atoms with E-state index in [9.17, 15) is 9.59 Å². The lowest BCUT2D eigenvalue weighted by Gasteiger charge is -2.09. The maximum atomic E-state index is 12.4. The monoisotopic (exact) mass is 425 g/mol. The summed E-state index contributed by atoms with van der Waals surface area (Å²) in [7, 11) is 0. The smallest absolute Gasteiger partial charge is 0.341 e. The van der Waals surface area contributed by atoms with Gasteiger partial charge in [0.1, 0.15) is 16.5 Å². The van der Waals surface area contributed by atoms with Crippen LogP contribution >= 0.6 is 11.3 Å². The second-order valence-corrected chi connectivity index (χ2v) is 7.23. The highest BCUT2D eigenvalue weighted by Gasteiger charge is 2.20. The zero-order valence-corrected chi connectivity index (χ0v) is 17.7. The Hall–Kier alpha value is -3.32. The molecule has 0 aliphatic heterocycles. The van der Waals surface area contributed by atoms with Gasteiger partial charge in [-0.05, 0) is 49.7 Å². The number of nitrogens with one attached hydrogen (secondary N) is 1. The van der Waals surface area contributed by atoms with Gasteiger partial charge in [0.05, 0.1) is 18.8 Å². The first-order valence-electron chi connectivity index (χ1n) is 9.62. The number of thiophene rings is 1. The van der Waals surface area contributed by atoms with Crippen molar-refractivity contribution in [2.24, 2.45) is 0 Å². The Labute approximate surface area is 179 Å². The lowest BCUT2D eigenvalue weighted by Crippen LogP contribution is -2.21. The molecule has 0 aliphatic rings. The summed E-state index contributed by atoms with van der Waals surface area (Å²) in [5.74, 6) is 0.449. The predicted molar refractivity (Wildman–Crippen MR) is 117 cm³/mol. The average Bonchev–Trinajstić information content (AvgIpc) is 3.18. The second kappa shape index (κ2) is 10.5. The molecular weight excluding hydrogens is 402 g/mol. The van der Waals surface area contributed by atoms with E-state index in [0.717, 1.165) is 16.2 Å². The third-order valence-corrected chi connectivity index (χ3v) is 5.14. The van der Waals surface area contributed by atoms with Crippen LogP contribution in [-0.4, -0.2) is 31.7 Å². The van der Waals surface area contributed by atoms with Crippen molar-refractivity contribution >= 4 is 28.2 Å². The zero-order chi connectivity index (χ0) is 21.3. The van der Waals surface area contributed by atoms with Crippen LogP contribution in [-0.2, 0) is 9.53 Å². The second-order valence-electron chi connectivity index (χ2n) is 6.18. The normalized spacial score (nSPS) is 10.3. The molecule has 0 bridgehead atoms. The fraction of sp³-hybridized carbons (Fsp3) is 0.217. The third kappa shape index (κ3) is 5.61. The fourth-order valence-electron chi connectivity index (χ4n) is 2.70. The molecule has 0 aliphatic carbocycles. The van der Waals surface area contributed by atoms with E-state index in [1.165, 1.54) is 11.3 Å². The first kappa shape index (κ1) is 21.4. The van der Waals surface area contributed by atoms with Crippen molar-refractivity contribution in [3.63, 3.8) is 0 Å². The van der Waals surface area contributed by atoms with Gasteiger partial charge in [-0.1, -0.05) is 30.3 Å². The molecule has 0 atom stereocenters. The van der Waals surface area contributed by atoms with Crippen LogP contribution in [0.5, 0.6) is 11.5 Å². The molecule has 3 rings (SSSR count). The van der Waals surface area contributed by atoms with Crippen molar-refractivity contribution in [2.45, 2.75) is 13.8 Å². The van der Waals surface area contributed by atoms with Crippen LogP contribution in [0.1, 0.15) is 24.2 Å². The number of hydrogen-bond acceptors (Lipinski definition) is 6. The highest BCUT2D eigenvalue weighted by molar-refractivity contribution is 7.20. The van der Waals surface area contributed by atoms with Crippen molar-refractivity contribution < 1.29 is 23.8 Å². The van der Waals surface area contributed by atoms with Gasteiger partial charge in [-0.15, -0.1) is 11.3 Å². The van der Waals surface area contributed by atoms with Crippen LogP contribution in [0.2, 0.25) is 0 Å². The number of benzene rings is 2. The van der Waals surface area contributed by atoms with Crippen molar-refractivity contribution in [3.8, 4) is 21.9 Å². The van der Waals surface area contributed by atoms with Crippen LogP contribution in [0.4, 0.5) is 5.00 Å². The first-order valence-corrected chi connectivity index (χ1v) is 10.4. The SMILES string of the molecule is CCOC(=O)c1cc(-c2ccccc2)sc1NC(=O)COc1ccc(OCC)cc1. The standard InChI is InChI=1S/C23H23NO5S/c1-3-27-17-10-12-18(13-11-17)29-15-21(25)24-22-19(23(26)28-4-2)14-20(30-22)16-8-6-5-7-9-16/h5-14H,3-4,15H2,1-2H3,(H,24,25). The quantitative estimate of drug-likeness (QED) is 0.488. The van der Waals surface area contributed by atoms with E-state index >= 15 is 0 Å². The van der Waals surface area contributed by atoms with Crippen molar-refractivity contribution in [1.82, 2.24) is 0 Å². The van der Waals surface area contributed by atoms with Crippen LogP contribution in [0.25, 0.3) is 10.4 Å². The topological polar surface area (TPSA) is 73.9 Å². The predicted octanol–water partition coefficient (Wildman–Crippen LogP) is 5.01. The minimum atomic E-state index is -0.473. The third-order valence-electron chi connectivity index (χ3n) is 4.04. The van der Waals surface area contributed by atoms with Crippen molar-refractivity contribution in [2.75, 3.05) is 25.1 Å². The van der Waals surface area contributed by atoms with Gasteiger partial charge in [0.25, 0.3) is 5.91 Å². The number of anilines is 1. The van der Waals surface area contributed by atoms with Crippen LogP contribution in [0, 0.1) is 0 Å². The first-order chi connectivity index (χ1) is 14.6. The molecule has 0 saturated carbocycles. The summed E-state index contributed by atoms with van der Waals surface area (Å²) in [6, 6.07) is 18.4. The molecule has 1 N–H and O–H groups in total. The van der Waals surface area contributed by atoms with E-state index in [0.29, 0.717) is 22.9 Å². The highest BCUT2D eigenvalue weighted by Crippen LogP contribution is 2.36. The Kier molecular flexibility index (Phi) is 7.45. The molecule has 156 valence electrons. The van der Waals surface area contributed by atoms with Crippen molar-refractivity contribution in [3.05, 3.63) is 66.2 Å². The maximum Gasteiger partial charge on any atom is 0.341 e. The molecule has 7 heteroatoms. The summed E-state index contributed by atoms with van der Waals surface area (Å²) < 4.78 is 16.0. The van der Waals surface area contributed by atoms with Gasteiger partial charge in [0, 0.05) is 4.88 Å². The van der Waals surface area contributed by atoms with Crippen LogP contribution in [0.15, 0.2) is 60.7 Å². The van der Waals surface area contributed by atoms with E-state index in [4.69, 9.17) is 14.2 Å². The van der Waals surface area contributed by atoms with Gasteiger partial charge >= 0.3 is 5.97 Å². The van der Waals surface area contributed by atoms with Gasteiger partial charge in [-0.2, -0.15) is 0 Å². The molecule has 1 heterocycles. The van der Waals surface area contributed by atoms with E-state index in [-0.39, 0.29) is 19.1 Å². The van der Waals surface area contributed by atoms with Gasteiger partial charge in [0.15, 0.2) is 6.61 Å². The molecule has 1 amide bonds. The van der Waals surface area contributed by atoms with Gasteiger partial charge in [-0.25, -0.2) is 4.79 Å². The Balaban J connectivity index is 1.70. The lowest BCUT2D eigenvalue weighted by molar-refractivity contribution is -0.118. The van der Waals surface area contributed by atoms with Gasteiger partial charge in [0.2, 0.25) is 0 Å². The minimum absolute atomic E-state index is 0.186. The molecular formula is C23H23NO5S. The van der Waals surface area contributed by atoms with Crippen molar-refractivity contribution in [1.29, 1.82) is 0 Å². The molecule has 2 aromatic carbocycles. The average molecular weight is 426 g/mol. The Morgan fingerprint density at radius 2 is 1.57 bits per heavy atom. The lowest BCUT2D eigenvalue weighted by atomic mass is 10.1. The van der Waals surface area contributed by atoms with E-state index < -0.39 is 5.97 Å². The summed E-state index contributed by atoms with van der Waals surface area (Å²) in [5.41, 5.74) is 1.29. The number of esters is 1. The molecule has 30 heavy (non-hydrogen) atoms. The Morgan fingerprint density at radius 1 is 0.900 bits per heavy atom. The summed E-state index contributed by atoms with van der Waals surface area (Å²) in [4.78, 5) is 25.6. The summed E-state index contributed by atoms with van der Waals surface area (Å²) in [6.07, 6.45) is 0.